The maximum atomic E-state index is 11.7. The molecule has 2 aromatic carbocycles. The first-order valence-electron chi connectivity index (χ1n) is 10.8. The molecule has 1 aliphatic rings. The number of benzene rings is 2. The van der Waals surface area contributed by atoms with Crippen LogP contribution in [0.1, 0.15) is 47.8 Å². The van der Waals surface area contributed by atoms with Crippen molar-refractivity contribution in [1.82, 2.24) is 9.78 Å². The minimum Gasteiger partial charge on any atom is -0.487 e. The van der Waals surface area contributed by atoms with Gasteiger partial charge in [0, 0.05) is 11.4 Å². The molecule has 0 saturated heterocycles. The van der Waals surface area contributed by atoms with E-state index in [1.54, 1.807) is 0 Å². The number of nitrogens with zero attached hydrogens (tertiary/aromatic N) is 2. The second-order valence-corrected chi connectivity index (χ2v) is 8.23. The summed E-state index contributed by atoms with van der Waals surface area (Å²) < 4.78 is 13.2. The summed E-state index contributed by atoms with van der Waals surface area (Å²) in [5.41, 5.74) is 6.72. The molecule has 5 nitrogen and oxygen atoms in total. The number of rotatable bonds is 8. The van der Waals surface area contributed by atoms with Crippen LogP contribution in [0.3, 0.4) is 0 Å². The van der Waals surface area contributed by atoms with Crippen LogP contribution >= 0.6 is 11.6 Å². The van der Waals surface area contributed by atoms with E-state index in [-0.39, 0.29) is 5.97 Å². The fraction of sp³-hybridized carbons (Fsp3) is 0.360. The number of carbonyl (C=O) groups excluding carboxylic acids is 1. The van der Waals surface area contributed by atoms with Crippen molar-refractivity contribution in [2.24, 2.45) is 0 Å². The molecular weight excluding hydrogens is 412 g/mol. The van der Waals surface area contributed by atoms with E-state index in [1.165, 1.54) is 16.7 Å². The first-order chi connectivity index (χ1) is 15.0. The number of esters is 1. The predicted octanol–water partition coefficient (Wildman–Crippen LogP) is 5.40. The third-order valence-electron chi connectivity index (χ3n) is 5.59. The highest BCUT2D eigenvalue weighted by Crippen LogP contribution is 2.34. The molecular formula is C25H27ClN2O3. The van der Waals surface area contributed by atoms with Gasteiger partial charge < -0.3 is 9.47 Å². The van der Waals surface area contributed by atoms with E-state index in [9.17, 15) is 4.79 Å². The van der Waals surface area contributed by atoms with Crippen LogP contribution < -0.4 is 4.74 Å². The number of fused-ring (bicyclic) bond motifs is 1. The number of aromatic nitrogens is 2. The molecule has 0 amide bonds. The molecule has 0 saturated carbocycles. The lowest BCUT2D eigenvalue weighted by Gasteiger charge is -2.15. The second-order valence-electron chi connectivity index (χ2n) is 7.79. The summed E-state index contributed by atoms with van der Waals surface area (Å²) in [6.07, 6.45) is 4.29. The molecule has 3 aromatic rings. The maximum Gasteiger partial charge on any atom is 0.306 e. The molecule has 6 heteroatoms. The summed E-state index contributed by atoms with van der Waals surface area (Å²) in [6.45, 7) is 4.67. The molecule has 1 heterocycles. The van der Waals surface area contributed by atoms with Crippen LogP contribution in [0.4, 0.5) is 0 Å². The van der Waals surface area contributed by atoms with E-state index in [0.717, 1.165) is 42.1 Å². The molecule has 1 aromatic heterocycles. The van der Waals surface area contributed by atoms with Crippen LogP contribution in [0, 0.1) is 6.92 Å². The first kappa shape index (κ1) is 21.4. The third kappa shape index (κ3) is 4.93. The Bertz CT molecular complexity index is 1070. The van der Waals surface area contributed by atoms with Crippen molar-refractivity contribution >= 4 is 17.6 Å². The molecule has 31 heavy (non-hydrogen) atoms. The monoisotopic (exact) mass is 438 g/mol. The van der Waals surface area contributed by atoms with Crippen molar-refractivity contribution in [1.29, 1.82) is 0 Å². The molecule has 0 fully saturated rings. The van der Waals surface area contributed by atoms with Crippen molar-refractivity contribution in [2.45, 2.75) is 52.6 Å². The lowest BCUT2D eigenvalue weighted by molar-refractivity contribution is -0.143. The van der Waals surface area contributed by atoms with Gasteiger partial charge in [-0.25, -0.2) is 4.68 Å². The fourth-order valence-corrected chi connectivity index (χ4v) is 4.33. The molecule has 0 spiro atoms. The van der Waals surface area contributed by atoms with Gasteiger partial charge in [-0.1, -0.05) is 17.7 Å². The standard InChI is InChI=1S/C25H27ClN2O3/c1-3-30-25(29)14-8-18-7-13-24(23-6-4-5-22(18)23)31-16-21-15-17(2)27-28(21)20-11-9-19(26)10-12-20/h7,9-13,15H,3-6,8,14,16H2,1-2H3. The number of ether oxygens (including phenoxy) is 2. The van der Waals surface area contributed by atoms with Crippen LogP contribution in [0.2, 0.25) is 5.02 Å². The normalized spacial score (nSPS) is 12.6. The Labute approximate surface area is 187 Å². The van der Waals surface area contributed by atoms with Gasteiger partial charge in [-0.3, -0.25) is 4.79 Å². The predicted molar refractivity (Wildman–Crippen MR) is 121 cm³/mol. The van der Waals surface area contributed by atoms with Crippen molar-refractivity contribution in [2.75, 3.05) is 6.61 Å². The zero-order valence-corrected chi connectivity index (χ0v) is 18.7. The Morgan fingerprint density at radius 1 is 1.13 bits per heavy atom. The third-order valence-corrected chi connectivity index (χ3v) is 5.85. The van der Waals surface area contributed by atoms with Gasteiger partial charge in [0.25, 0.3) is 0 Å². The number of halogens is 1. The lowest BCUT2D eigenvalue weighted by Crippen LogP contribution is -2.08. The highest BCUT2D eigenvalue weighted by molar-refractivity contribution is 6.30. The van der Waals surface area contributed by atoms with Gasteiger partial charge in [0.15, 0.2) is 0 Å². The zero-order chi connectivity index (χ0) is 21.8. The second kappa shape index (κ2) is 9.56. The van der Waals surface area contributed by atoms with Crippen molar-refractivity contribution in [3.63, 3.8) is 0 Å². The van der Waals surface area contributed by atoms with Crippen molar-refractivity contribution < 1.29 is 14.3 Å². The van der Waals surface area contributed by atoms with Gasteiger partial charge in [0.05, 0.1) is 23.7 Å². The van der Waals surface area contributed by atoms with E-state index in [4.69, 9.17) is 21.1 Å². The summed E-state index contributed by atoms with van der Waals surface area (Å²) in [5.74, 6) is 0.786. The average Bonchev–Trinajstić information content (AvgIpc) is 3.39. The van der Waals surface area contributed by atoms with Gasteiger partial charge in [-0.05, 0) is 92.6 Å². The van der Waals surface area contributed by atoms with E-state index in [1.807, 2.05) is 54.9 Å². The largest absolute Gasteiger partial charge is 0.487 e. The zero-order valence-electron chi connectivity index (χ0n) is 18.0. The van der Waals surface area contributed by atoms with Crippen LogP contribution in [-0.4, -0.2) is 22.4 Å². The Kier molecular flexibility index (Phi) is 6.62. The minimum atomic E-state index is -0.139. The summed E-state index contributed by atoms with van der Waals surface area (Å²) in [6, 6.07) is 13.8. The Hall–Kier alpha value is -2.79. The van der Waals surface area contributed by atoms with Crippen LogP contribution in [0.25, 0.3) is 5.69 Å². The molecule has 0 bridgehead atoms. The van der Waals surface area contributed by atoms with Gasteiger partial charge in [-0.2, -0.15) is 5.10 Å². The molecule has 0 unspecified atom stereocenters. The van der Waals surface area contributed by atoms with Gasteiger partial charge in [0.2, 0.25) is 0 Å². The molecule has 162 valence electrons. The summed E-state index contributed by atoms with van der Waals surface area (Å²) >= 11 is 6.03. The molecule has 0 aliphatic heterocycles. The Morgan fingerprint density at radius 3 is 2.68 bits per heavy atom. The molecule has 0 atom stereocenters. The summed E-state index contributed by atoms with van der Waals surface area (Å²) in [5, 5.41) is 5.31. The lowest BCUT2D eigenvalue weighted by atomic mass is 9.99. The molecule has 4 rings (SSSR count). The van der Waals surface area contributed by atoms with E-state index in [0.29, 0.717) is 31.1 Å². The quantitative estimate of drug-likeness (QED) is 0.442. The molecule has 0 N–H and O–H groups in total. The van der Waals surface area contributed by atoms with Crippen LogP contribution in [0.15, 0.2) is 42.5 Å². The van der Waals surface area contributed by atoms with Gasteiger partial charge >= 0.3 is 5.97 Å². The minimum absolute atomic E-state index is 0.139. The number of carbonyl (C=O) groups is 1. The number of aryl methyl sites for hydroxylation is 2. The van der Waals surface area contributed by atoms with Gasteiger partial charge in [0.1, 0.15) is 12.4 Å². The van der Waals surface area contributed by atoms with Crippen molar-refractivity contribution in [3.8, 4) is 11.4 Å². The van der Waals surface area contributed by atoms with E-state index in [2.05, 4.69) is 11.2 Å². The summed E-state index contributed by atoms with van der Waals surface area (Å²) in [4.78, 5) is 11.7. The van der Waals surface area contributed by atoms with Crippen LogP contribution in [-0.2, 0) is 35.4 Å². The maximum absolute atomic E-state index is 11.7. The summed E-state index contributed by atoms with van der Waals surface area (Å²) in [7, 11) is 0. The SMILES string of the molecule is CCOC(=O)CCc1ccc(OCc2cc(C)nn2-c2ccc(Cl)cc2)c2c1CCC2. The van der Waals surface area contributed by atoms with Crippen molar-refractivity contribution in [3.05, 3.63) is 75.6 Å². The van der Waals surface area contributed by atoms with E-state index < -0.39 is 0 Å². The number of hydrogen-bond acceptors (Lipinski definition) is 4. The Balaban J connectivity index is 1.50. The highest BCUT2D eigenvalue weighted by Gasteiger charge is 2.20. The van der Waals surface area contributed by atoms with E-state index >= 15 is 0 Å². The topological polar surface area (TPSA) is 53.4 Å². The average molecular weight is 439 g/mol. The highest BCUT2D eigenvalue weighted by atomic mass is 35.5. The smallest absolute Gasteiger partial charge is 0.306 e. The molecule has 1 aliphatic carbocycles. The fourth-order valence-electron chi connectivity index (χ4n) is 4.20. The Morgan fingerprint density at radius 2 is 1.90 bits per heavy atom. The number of hydrogen-bond donors (Lipinski definition) is 0. The van der Waals surface area contributed by atoms with Gasteiger partial charge in [-0.15, -0.1) is 0 Å². The molecule has 0 radical (unpaired) electrons. The first-order valence-corrected chi connectivity index (χ1v) is 11.2. The van der Waals surface area contributed by atoms with Crippen LogP contribution in [0.5, 0.6) is 5.75 Å².